The minimum Gasteiger partial charge on any atom is -0.326 e. The molecule has 4 heteroatoms. The van der Waals surface area contributed by atoms with E-state index in [0.717, 1.165) is 36.2 Å². The standard InChI is InChI=1S/C19H18N2O2/c22-18(13-6-7-13)20-16-8-9-17-15(12-16)10-11-21(17)19(23)14-4-2-1-3-5-14/h1-5,8-9,12-13H,6-7,10-11H2,(H,20,22). The fourth-order valence-corrected chi connectivity index (χ4v) is 3.02. The molecule has 2 aliphatic rings. The number of rotatable bonds is 3. The molecule has 0 unspecified atom stereocenters. The predicted molar refractivity (Wildman–Crippen MR) is 89.6 cm³/mol. The van der Waals surface area contributed by atoms with Crippen molar-refractivity contribution in [2.24, 2.45) is 5.92 Å². The van der Waals surface area contributed by atoms with E-state index in [2.05, 4.69) is 5.32 Å². The third-order valence-electron chi connectivity index (χ3n) is 4.46. The van der Waals surface area contributed by atoms with Gasteiger partial charge in [-0.2, -0.15) is 0 Å². The lowest BCUT2D eigenvalue weighted by atomic mass is 10.1. The molecule has 1 heterocycles. The normalized spacial score (nSPS) is 16.1. The Balaban J connectivity index is 1.55. The molecular weight excluding hydrogens is 288 g/mol. The highest BCUT2D eigenvalue weighted by Gasteiger charge is 2.30. The van der Waals surface area contributed by atoms with Crippen molar-refractivity contribution in [2.75, 3.05) is 16.8 Å². The highest BCUT2D eigenvalue weighted by Crippen LogP contribution is 2.33. The van der Waals surface area contributed by atoms with E-state index in [1.54, 1.807) is 0 Å². The molecule has 4 nitrogen and oxygen atoms in total. The van der Waals surface area contributed by atoms with Crippen molar-refractivity contribution in [3.05, 3.63) is 59.7 Å². The molecule has 0 bridgehead atoms. The van der Waals surface area contributed by atoms with Gasteiger partial charge >= 0.3 is 0 Å². The van der Waals surface area contributed by atoms with E-state index in [1.165, 1.54) is 0 Å². The lowest BCUT2D eigenvalue weighted by molar-refractivity contribution is -0.117. The van der Waals surface area contributed by atoms with Crippen molar-refractivity contribution in [1.82, 2.24) is 0 Å². The van der Waals surface area contributed by atoms with Crippen LogP contribution >= 0.6 is 0 Å². The molecule has 4 rings (SSSR count). The zero-order valence-corrected chi connectivity index (χ0v) is 12.8. The van der Waals surface area contributed by atoms with Gasteiger partial charge in [-0.3, -0.25) is 9.59 Å². The van der Waals surface area contributed by atoms with Crippen LogP contribution < -0.4 is 10.2 Å². The van der Waals surface area contributed by atoms with Crippen LogP contribution in [0, 0.1) is 5.92 Å². The maximum atomic E-state index is 12.6. The Morgan fingerprint density at radius 1 is 1.04 bits per heavy atom. The molecule has 116 valence electrons. The van der Waals surface area contributed by atoms with Crippen molar-refractivity contribution >= 4 is 23.2 Å². The molecule has 23 heavy (non-hydrogen) atoms. The van der Waals surface area contributed by atoms with Gasteiger partial charge < -0.3 is 10.2 Å². The summed E-state index contributed by atoms with van der Waals surface area (Å²) < 4.78 is 0. The number of anilines is 2. The molecule has 1 fully saturated rings. The van der Waals surface area contributed by atoms with Gasteiger partial charge in [0, 0.05) is 29.4 Å². The summed E-state index contributed by atoms with van der Waals surface area (Å²) >= 11 is 0. The fourth-order valence-electron chi connectivity index (χ4n) is 3.02. The number of carbonyl (C=O) groups excluding carboxylic acids is 2. The first-order valence-electron chi connectivity index (χ1n) is 8.03. The van der Waals surface area contributed by atoms with E-state index in [1.807, 2.05) is 53.4 Å². The maximum absolute atomic E-state index is 12.6. The van der Waals surface area contributed by atoms with Crippen LogP contribution in [0.1, 0.15) is 28.8 Å². The van der Waals surface area contributed by atoms with Crippen LogP contribution in [0.25, 0.3) is 0 Å². The summed E-state index contributed by atoms with van der Waals surface area (Å²) in [5, 5.41) is 2.97. The van der Waals surface area contributed by atoms with Gasteiger partial charge in [0.1, 0.15) is 0 Å². The van der Waals surface area contributed by atoms with Crippen molar-refractivity contribution in [3.63, 3.8) is 0 Å². The summed E-state index contributed by atoms with van der Waals surface area (Å²) in [5.41, 5.74) is 3.59. The molecule has 1 saturated carbocycles. The van der Waals surface area contributed by atoms with Gasteiger partial charge in [-0.05, 0) is 55.2 Å². The Morgan fingerprint density at radius 2 is 1.83 bits per heavy atom. The first-order chi connectivity index (χ1) is 11.2. The van der Waals surface area contributed by atoms with Crippen LogP contribution in [0.2, 0.25) is 0 Å². The minimum atomic E-state index is 0.0270. The SMILES string of the molecule is O=C(Nc1ccc2c(c1)CCN2C(=O)c1ccccc1)C1CC1. The molecule has 0 saturated heterocycles. The van der Waals surface area contributed by atoms with E-state index >= 15 is 0 Å². The largest absolute Gasteiger partial charge is 0.326 e. The molecule has 0 aromatic heterocycles. The number of benzene rings is 2. The number of carbonyl (C=O) groups is 2. The highest BCUT2D eigenvalue weighted by molar-refractivity contribution is 6.07. The third-order valence-corrected chi connectivity index (χ3v) is 4.46. The molecule has 0 atom stereocenters. The smallest absolute Gasteiger partial charge is 0.258 e. The predicted octanol–water partition coefficient (Wildman–Crippen LogP) is 3.24. The number of amides is 2. The Kier molecular flexibility index (Phi) is 3.37. The maximum Gasteiger partial charge on any atom is 0.258 e. The third kappa shape index (κ3) is 2.72. The number of hydrogen-bond acceptors (Lipinski definition) is 2. The minimum absolute atomic E-state index is 0.0270. The molecule has 1 N–H and O–H groups in total. The van der Waals surface area contributed by atoms with Crippen LogP contribution in [0.15, 0.2) is 48.5 Å². The zero-order chi connectivity index (χ0) is 15.8. The van der Waals surface area contributed by atoms with Gasteiger partial charge in [-0.15, -0.1) is 0 Å². The lowest BCUT2D eigenvalue weighted by Gasteiger charge is -2.17. The number of nitrogens with one attached hydrogen (secondary N) is 1. The molecular formula is C19H18N2O2. The summed E-state index contributed by atoms with van der Waals surface area (Å²) in [6, 6.07) is 15.1. The highest BCUT2D eigenvalue weighted by atomic mass is 16.2. The van der Waals surface area contributed by atoms with Gasteiger partial charge in [0.15, 0.2) is 0 Å². The Bertz CT molecular complexity index is 766. The van der Waals surface area contributed by atoms with E-state index in [9.17, 15) is 9.59 Å². The van der Waals surface area contributed by atoms with Crippen molar-refractivity contribution < 1.29 is 9.59 Å². The van der Waals surface area contributed by atoms with Crippen LogP contribution in [-0.4, -0.2) is 18.4 Å². The van der Waals surface area contributed by atoms with Gasteiger partial charge in [0.05, 0.1) is 0 Å². The van der Waals surface area contributed by atoms with Crippen molar-refractivity contribution in [3.8, 4) is 0 Å². The van der Waals surface area contributed by atoms with E-state index in [0.29, 0.717) is 12.1 Å². The Hall–Kier alpha value is -2.62. The Morgan fingerprint density at radius 3 is 2.57 bits per heavy atom. The van der Waals surface area contributed by atoms with Crippen molar-refractivity contribution in [1.29, 1.82) is 0 Å². The quantitative estimate of drug-likeness (QED) is 0.946. The van der Waals surface area contributed by atoms with E-state index < -0.39 is 0 Å². The summed E-state index contributed by atoms with van der Waals surface area (Å²) in [6.07, 6.45) is 2.81. The molecule has 2 amide bonds. The summed E-state index contributed by atoms with van der Waals surface area (Å²) in [5.74, 6) is 0.332. The van der Waals surface area contributed by atoms with E-state index in [-0.39, 0.29) is 17.7 Å². The van der Waals surface area contributed by atoms with Crippen LogP contribution in [0.5, 0.6) is 0 Å². The van der Waals surface area contributed by atoms with Crippen LogP contribution in [0.3, 0.4) is 0 Å². The second-order valence-electron chi connectivity index (χ2n) is 6.18. The summed E-state index contributed by atoms with van der Waals surface area (Å²) in [4.78, 5) is 26.3. The van der Waals surface area contributed by atoms with Crippen LogP contribution in [0.4, 0.5) is 11.4 Å². The first kappa shape index (κ1) is 14.0. The Labute approximate surface area is 135 Å². The number of nitrogens with zero attached hydrogens (tertiary/aromatic N) is 1. The average molecular weight is 306 g/mol. The second-order valence-corrected chi connectivity index (χ2v) is 6.18. The molecule has 1 aliphatic carbocycles. The summed E-state index contributed by atoms with van der Waals surface area (Å²) in [6.45, 7) is 0.684. The lowest BCUT2D eigenvalue weighted by Crippen LogP contribution is -2.28. The van der Waals surface area contributed by atoms with Crippen molar-refractivity contribution in [2.45, 2.75) is 19.3 Å². The number of hydrogen-bond donors (Lipinski definition) is 1. The van der Waals surface area contributed by atoms with Gasteiger partial charge in [0.25, 0.3) is 5.91 Å². The topological polar surface area (TPSA) is 49.4 Å². The monoisotopic (exact) mass is 306 g/mol. The molecule has 0 spiro atoms. The fraction of sp³-hybridized carbons (Fsp3) is 0.263. The molecule has 2 aromatic carbocycles. The zero-order valence-electron chi connectivity index (χ0n) is 12.8. The van der Waals surface area contributed by atoms with Gasteiger partial charge in [0.2, 0.25) is 5.91 Å². The number of fused-ring (bicyclic) bond motifs is 1. The first-order valence-corrected chi connectivity index (χ1v) is 8.03. The molecule has 1 aliphatic heterocycles. The molecule has 2 aromatic rings. The van der Waals surface area contributed by atoms with Crippen LogP contribution in [-0.2, 0) is 11.2 Å². The van der Waals surface area contributed by atoms with Gasteiger partial charge in [-0.1, -0.05) is 18.2 Å². The second kappa shape index (κ2) is 5.54. The van der Waals surface area contributed by atoms with Gasteiger partial charge in [-0.25, -0.2) is 0 Å². The summed E-state index contributed by atoms with van der Waals surface area (Å²) in [7, 11) is 0. The average Bonchev–Trinajstić information content (AvgIpc) is 3.35. The molecule has 0 radical (unpaired) electrons. The van der Waals surface area contributed by atoms with E-state index in [4.69, 9.17) is 0 Å².